The van der Waals surface area contributed by atoms with Gasteiger partial charge in [0.05, 0.1) is 10.2 Å². The summed E-state index contributed by atoms with van der Waals surface area (Å²) in [5, 5.41) is 19.9. The molecule has 8 nitrogen and oxygen atoms in total. The van der Waals surface area contributed by atoms with Crippen molar-refractivity contribution in [1.29, 1.82) is 5.26 Å². The van der Waals surface area contributed by atoms with Crippen molar-refractivity contribution in [2.45, 2.75) is 11.7 Å². The quantitative estimate of drug-likeness (QED) is 0.307. The summed E-state index contributed by atoms with van der Waals surface area (Å²) >= 11 is 4.37. The van der Waals surface area contributed by atoms with Gasteiger partial charge in [0.15, 0.2) is 0 Å². The number of nitriles is 1. The highest BCUT2D eigenvalue weighted by atomic mass is 79.9. The van der Waals surface area contributed by atoms with E-state index in [0.717, 1.165) is 16.2 Å². The number of hydrogen-bond acceptors (Lipinski definition) is 6. The van der Waals surface area contributed by atoms with Crippen LogP contribution >= 0.6 is 27.7 Å². The zero-order chi connectivity index (χ0) is 21.1. The molecule has 29 heavy (non-hydrogen) atoms. The highest BCUT2D eigenvalue weighted by Crippen LogP contribution is 2.42. The van der Waals surface area contributed by atoms with Crippen LogP contribution < -0.4 is 10.6 Å². The first-order valence-corrected chi connectivity index (χ1v) is 9.92. The van der Waals surface area contributed by atoms with Crippen LogP contribution in [0.5, 0.6) is 0 Å². The van der Waals surface area contributed by atoms with Crippen molar-refractivity contribution in [3.63, 3.8) is 0 Å². The van der Waals surface area contributed by atoms with Crippen molar-refractivity contribution in [2.75, 3.05) is 4.90 Å². The van der Waals surface area contributed by atoms with Crippen LogP contribution in [-0.2, 0) is 16.0 Å². The van der Waals surface area contributed by atoms with Crippen molar-refractivity contribution >= 4 is 50.9 Å². The fourth-order valence-electron chi connectivity index (χ4n) is 2.84. The molecule has 0 bridgehead atoms. The van der Waals surface area contributed by atoms with Gasteiger partial charge in [0.1, 0.15) is 16.7 Å². The first-order valence-electron chi connectivity index (χ1n) is 8.25. The number of nitrogens with two attached hydrogens (primary N) is 1. The average Bonchev–Trinajstić information content (AvgIpc) is 2.99. The van der Waals surface area contributed by atoms with Crippen LogP contribution in [0.3, 0.4) is 0 Å². The zero-order valence-corrected chi connectivity index (χ0v) is 17.1. The molecular weight excluding hydrogens is 460 g/mol. The summed E-state index contributed by atoms with van der Waals surface area (Å²) in [6, 6.07) is 14.6. The van der Waals surface area contributed by atoms with Crippen LogP contribution in [-0.4, -0.2) is 22.0 Å². The smallest absolute Gasteiger partial charge is 0.269 e. The van der Waals surface area contributed by atoms with E-state index >= 15 is 0 Å². The van der Waals surface area contributed by atoms with Gasteiger partial charge in [-0.15, -0.1) is 0 Å². The molecule has 1 aliphatic rings. The summed E-state index contributed by atoms with van der Waals surface area (Å²) in [5.74, 6) is -1.27. The molecule has 2 aromatic rings. The van der Waals surface area contributed by atoms with Gasteiger partial charge < -0.3 is 5.73 Å². The Bertz CT molecular complexity index is 1080. The minimum atomic E-state index is -0.930. The van der Waals surface area contributed by atoms with E-state index in [1.807, 2.05) is 0 Å². The van der Waals surface area contributed by atoms with Crippen LogP contribution in [0.1, 0.15) is 5.56 Å². The summed E-state index contributed by atoms with van der Waals surface area (Å²) in [4.78, 5) is 36.7. The predicted molar refractivity (Wildman–Crippen MR) is 112 cm³/mol. The zero-order valence-electron chi connectivity index (χ0n) is 14.7. The van der Waals surface area contributed by atoms with Gasteiger partial charge in [-0.05, 0) is 36.2 Å². The second-order valence-corrected chi connectivity index (χ2v) is 8.15. The highest BCUT2D eigenvalue weighted by molar-refractivity contribution is 9.10. The van der Waals surface area contributed by atoms with Gasteiger partial charge in [0, 0.05) is 22.3 Å². The molecule has 1 atom stereocenters. The lowest BCUT2D eigenvalue weighted by molar-refractivity contribution is -0.384. The largest absolute Gasteiger partial charge is 0.365 e. The number of carbonyl (C=O) groups is 2. The molecule has 2 amide bonds. The molecule has 0 saturated carbocycles. The number of anilines is 1. The maximum Gasteiger partial charge on any atom is 0.269 e. The number of rotatable bonds is 5. The van der Waals surface area contributed by atoms with Gasteiger partial charge in [-0.3, -0.25) is 24.6 Å². The van der Waals surface area contributed by atoms with Gasteiger partial charge in [-0.25, -0.2) is 0 Å². The Morgan fingerprint density at radius 3 is 2.59 bits per heavy atom. The van der Waals surface area contributed by atoms with Gasteiger partial charge in [0.25, 0.3) is 11.6 Å². The average molecular weight is 473 g/mol. The lowest BCUT2D eigenvalue weighted by Gasteiger charge is -2.18. The molecular formula is C19H13BrN4O4S. The molecule has 146 valence electrons. The van der Waals surface area contributed by atoms with Crippen molar-refractivity contribution in [2.24, 2.45) is 5.73 Å². The van der Waals surface area contributed by atoms with E-state index in [0.29, 0.717) is 11.3 Å². The Labute approximate surface area is 178 Å². The van der Waals surface area contributed by atoms with Crippen LogP contribution in [0.2, 0.25) is 0 Å². The van der Waals surface area contributed by atoms with Gasteiger partial charge in [-0.2, -0.15) is 5.26 Å². The van der Waals surface area contributed by atoms with E-state index < -0.39 is 16.1 Å². The van der Waals surface area contributed by atoms with E-state index in [1.54, 1.807) is 42.5 Å². The molecule has 2 N–H and O–H groups in total. The number of carbonyl (C=O) groups excluding carboxylic acids is 2. The van der Waals surface area contributed by atoms with Crippen LogP contribution in [0.4, 0.5) is 11.4 Å². The molecule has 1 fully saturated rings. The van der Waals surface area contributed by atoms with E-state index in [1.165, 1.54) is 17.0 Å². The first kappa shape index (κ1) is 20.6. The SMILES string of the molecule is N#C/C(C(N)=O)=C1/SC(Cc2cccc([N+](=O)[O-])c2)C(=O)N1c1ccc(Br)cc1. The second kappa shape index (κ2) is 8.46. The van der Waals surface area contributed by atoms with E-state index in [2.05, 4.69) is 15.9 Å². The number of nitro benzene ring substituents is 1. The minimum absolute atomic E-state index is 0.0756. The molecule has 0 aliphatic carbocycles. The maximum absolute atomic E-state index is 13.1. The Balaban J connectivity index is 2.01. The highest BCUT2D eigenvalue weighted by Gasteiger charge is 2.40. The third-order valence-electron chi connectivity index (χ3n) is 4.15. The summed E-state index contributed by atoms with van der Waals surface area (Å²) in [5.41, 5.74) is 6.03. The molecule has 0 spiro atoms. The van der Waals surface area contributed by atoms with E-state index in [9.17, 15) is 25.0 Å². The molecule has 3 rings (SSSR count). The van der Waals surface area contributed by atoms with Crippen molar-refractivity contribution in [3.8, 4) is 6.07 Å². The van der Waals surface area contributed by atoms with Crippen LogP contribution in [0, 0.1) is 21.4 Å². The number of primary amides is 1. The van der Waals surface area contributed by atoms with Crippen molar-refractivity contribution in [3.05, 3.63) is 79.3 Å². The lowest BCUT2D eigenvalue weighted by atomic mass is 10.1. The molecule has 0 radical (unpaired) electrons. The number of thioether (sulfide) groups is 1. The fourth-order valence-corrected chi connectivity index (χ4v) is 4.42. The minimum Gasteiger partial charge on any atom is -0.365 e. The maximum atomic E-state index is 13.1. The third-order valence-corrected chi connectivity index (χ3v) is 5.94. The Kier molecular flexibility index (Phi) is 6.00. The standard InChI is InChI=1S/C19H13BrN4O4S/c20-12-4-6-13(7-5-12)23-18(26)16(29-19(23)15(10-21)17(22)25)9-11-2-1-3-14(8-11)24(27)28/h1-8,16H,9H2,(H2,22,25)/b19-15-. The predicted octanol–water partition coefficient (Wildman–Crippen LogP) is 3.27. The monoisotopic (exact) mass is 472 g/mol. The van der Waals surface area contributed by atoms with Crippen LogP contribution in [0.25, 0.3) is 0 Å². The van der Waals surface area contributed by atoms with Crippen molar-refractivity contribution in [1.82, 2.24) is 0 Å². The summed E-state index contributed by atoms with van der Waals surface area (Å²) in [7, 11) is 0. The van der Waals surface area contributed by atoms with Crippen LogP contribution in [0.15, 0.2) is 63.6 Å². The number of amides is 2. The molecule has 2 aromatic carbocycles. The summed E-state index contributed by atoms with van der Waals surface area (Å²) in [6.45, 7) is 0. The topological polar surface area (TPSA) is 130 Å². The number of halogens is 1. The number of hydrogen-bond donors (Lipinski definition) is 1. The molecule has 10 heteroatoms. The van der Waals surface area contributed by atoms with E-state index in [4.69, 9.17) is 5.73 Å². The fraction of sp³-hybridized carbons (Fsp3) is 0.105. The number of benzene rings is 2. The van der Waals surface area contributed by atoms with E-state index in [-0.39, 0.29) is 28.6 Å². The van der Waals surface area contributed by atoms with Gasteiger partial charge in [0.2, 0.25) is 5.91 Å². The van der Waals surface area contributed by atoms with Gasteiger partial charge >= 0.3 is 0 Å². The van der Waals surface area contributed by atoms with Gasteiger partial charge in [-0.1, -0.05) is 39.8 Å². The van der Waals surface area contributed by atoms with Crippen molar-refractivity contribution < 1.29 is 14.5 Å². The third kappa shape index (κ3) is 4.31. The molecule has 1 unspecified atom stereocenters. The summed E-state index contributed by atoms with van der Waals surface area (Å²) < 4.78 is 0.801. The Morgan fingerprint density at radius 1 is 1.31 bits per heavy atom. The molecule has 0 aromatic heterocycles. The number of nitro groups is 1. The number of non-ortho nitro benzene ring substituents is 1. The lowest BCUT2D eigenvalue weighted by Crippen LogP contribution is -2.31. The normalized spacial score (nSPS) is 17.7. The Morgan fingerprint density at radius 2 is 2.00 bits per heavy atom. The summed E-state index contributed by atoms with van der Waals surface area (Å²) in [6.07, 6.45) is 0.194. The molecule has 1 aliphatic heterocycles. The molecule has 1 heterocycles. The second-order valence-electron chi connectivity index (χ2n) is 6.04. The first-order chi connectivity index (χ1) is 13.8. The Hall–Kier alpha value is -3.16. The number of nitrogens with zero attached hydrogens (tertiary/aromatic N) is 3. The molecule has 1 saturated heterocycles.